The average molecular weight is 674 g/mol. The van der Waals surface area contributed by atoms with E-state index in [9.17, 15) is 45.1 Å². The molecule has 0 aliphatic heterocycles. The highest BCUT2D eigenvalue weighted by Crippen LogP contribution is 2.61. The fourth-order valence-corrected chi connectivity index (χ4v) is 6.32. The van der Waals surface area contributed by atoms with Crippen LogP contribution in [0.3, 0.4) is 0 Å². The third-order valence-electron chi connectivity index (χ3n) is 8.52. The molecule has 1 N–H and O–H groups in total. The number of aromatic nitrogens is 2. The molecule has 0 spiro atoms. The van der Waals surface area contributed by atoms with E-state index in [1.165, 1.54) is 0 Å². The second kappa shape index (κ2) is 12.1. The Morgan fingerprint density at radius 3 is 2.23 bits per heavy atom. The van der Waals surface area contributed by atoms with E-state index in [2.05, 4.69) is 5.10 Å². The molecule has 2 saturated carbocycles. The van der Waals surface area contributed by atoms with Crippen molar-refractivity contribution in [1.29, 1.82) is 0 Å². The van der Waals surface area contributed by atoms with Crippen LogP contribution in [0.2, 0.25) is 10.0 Å². The van der Waals surface area contributed by atoms with Crippen molar-refractivity contribution in [1.82, 2.24) is 15.1 Å². The van der Waals surface area contributed by atoms with Crippen LogP contribution in [0.15, 0.2) is 18.3 Å². The van der Waals surface area contributed by atoms with E-state index < -0.39 is 99.8 Å². The lowest BCUT2D eigenvalue weighted by atomic mass is 9.74. The summed E-state index contributed by atoms with van der Waals surface area (Å²) in [4.78, 5) is 38.7. The summed E-state index contributed by atoms with van der Waals surface area (Å²) in [5.41, 5.74) is -6.64. The Hall–Kier alpha value is -2.87. The van der Waals surface area contributed by atoms with Crippen molar-refractivity contribution in [3.8, 4) is 0 Å². The highest BCUT2D eigenvalue weighted by atomic mass is 35.5. The van der Waals surface area contributed by atoms with Crippen LogP contribution in [-0.4, -0.2) is 46.3 Å². The van der Waals surface area contributed by atoms with Gasteiger partial charge in [-0.1, -0.05) is 23.2 Å². The van der Waals surface area contributed by atoms with E-state index in [0.29, 0.717) is 10.9 Å². The number of ketones is 1. The summed E-state index contributed by atoms with van der Waals surface area (Å²) >= 11 is 11.8. The van der Waals surface area contributed by atoms with Crippen molar-refractivity contribution in [3.05, 3.63) is 51.0 Å². The van der Waals surface area contributed by atoms with E-state index in [4.69, 9.17) is 27.9 Å². The first-order valence-electron chi connectivity index (χ1n) is 13.7. The summed E-state index contributed by atoms with van der Waals surface area (Å²) in [5, 5.41) is 4.69. The van der Waals surface area contributed by atoms with Gasteiger partial charge in [0.2, 0.25) is 0 Å². The molecule has 44 heavy (non-hydrogen) atoms. The van der Waals surface area contributed by atoms with Gasteiger partial charge in [-0.3, -0.25) is 19.1 Å². The number of esters is 1. The first-order valence-corrected chi connectivity index (χ1v) is 14.5. The summed E-state index contributed by atoms with van der Waals surface area (Å²) in [6.07, 6.45) is -11.0. The molecule has 1 heterocycles. The van der Waals surface area contributed by atoms with Gasteiger partial charge in [0.05, 0.1) is 56.9 Å². The number of carbonyl (C=O) groups is 3. The van der Waals surface area contributed by atoms with Crippen molar-refractivity contribution < 1.29 is 49.9 Å². The number of rotatable bonds is 9. The molecule has 1 unspecified atom stereocenters. The van der Waals surface area contributed by atoms with E-state index in [1.807, 2.05) is 5.32 Å². The molecule has 16 heteroatoms. The number of hydrogen-bond acceptors (Lipinski definition) is 5. The third kappa shape index (κ3) is 6.42. The fraction of sp³-hybridized carbons (Fsp3) is 0.571. The maximum Gasteiger partial charge on any atom is 0.433 e. The van der Waals surface area contributed by atoms with Crippen LogP contribution in [0.25, 0.3) is 0 Å². The minimum Gasteiger partial charge on any atom is -0.466 e. The Bertz CT molecular complexity index is 1450. The normalized spacial score (nSPS) is 22.3. The second-order valence-electron chi connectivity index (χ2n) is 11.4. The predicted molar refractivity (Wildman–Crippen MR) is 144 cm³/mol. The summed E-state index contributed by atoms with van der Waals surface area (Å²) in [5.74, 6) is -4.21. The van der Waals surface area contributed by atoms with Crippen LogP contribution in [-0.2, 0) is 15.7 Å². The Morgan fingerprint density at radius 1 is 1.09 bits per heavy atom. The zero-order valence-electron chi connectivity index (χ0n) is 23.5. The number of carbonyl (C=O) groups excluding carboxylic acids is 3. The monoisotopic (exact) mass is 673 g/mol. The van der Waals surface area contributed by atoms with Crippen molar-refractivity contribution in [2.75, 3.05) is 6.61 Å². The fourth-order valence-electron chi connectivity index (χ4n) is 5.74. The number of nitrogens with zero attached hydrogens (tertiary/aromatic N) is 2. The minimum atomic E-state index is -5.14. The van der Waals surface area contributed by atoms with Gasteiger partial charge >= 0.3 is 18.3 Å². The molecule has 2 fully saturated rings. The SMILES string of the molecule is CCOC(=O)C1(C)CCC(n2ncc(C(=O)NC(CC(=O)c3c(Cl)ccc(F)c3Cl)C3(C(F)(F)F)CC3)c2C(F)(F)F)CC1. The third-order valence-corrected chi connectivity index (χ3v) is 9.20. The zero-order chi connectivity index (χ0) is 32.8. The molecule has 1 aromatic heterocycles. The van der Waals surface area contributed by atoms with Gasteiger partial charge in [0.15, 0.2) is 11.5 Å². The molecule has 2 aliphatic carbocycles. The highest BCUT2D eigenvalue weighted by molar-refractivity contribution is 6.39. The molecule has 2 aliphatic rings. The molecule has 0 saturated heterocycles. The number of benzene rings is 1. The Balaban J connectivity index is 1.64. The summed E-state index contributed by atoms with van der Waals surface area (Å²) < 4.78 is 105. The van der Waals surface area contributed by atoms with E-state index in [1.54, 1.807) is 13.8 Å². The lowest BCUT2D eigenvalue weighted by Gasteiger charge is -2.35. The van der Waals surface area contributed by atoms with Crippen LogP contribution in [0, 0.1) is 16.6 Å². The zero-order valence-corrected chi connectivity index (χ0v) is 25.0. The molecule has 2 aromatic rings. The standard InChI is InChI=1S/C28H28Cl2F7N3O4/c1-3-44-24(43)25(2)8-6-14(7-9-25)40-22(27(32,33)34)15(13-38-40)23(42)39-19(26(10-11-26)28(35,36)37)12-18(41)20-16(29)4-5-17(31)21(20)30/h4-5,13-14,19H,3,6-12H2,1-2H3,(H,39,42). The van der Waals surface area contributed by atoms with Gasteiger partial charge in [-0.05, 0) is 64.5 Å². The minimum absolute atomic E-state index is 0.0879. The van der Waals surface area contributed by atoms with Gasteiger partial charge in [0.1, 0.15) is 5.82 Å². The molecule has 7 nitrogen and oxygen atoms in total. The first-order chi connectivity index (χ1) is 20.4. The Morgan fingerprint density at radius 2 is 1.70 bits per heavy atom. The lowest BCUT2D eigenvalue weighted by molar-refractivity contribution is -0.194. The molecule has 0 radical (unpaired) electrons. The number of Topliss-reactive ketones (excluding diaryl/α,β-unsaturated/α-hetero) is 1. The molecular formula is C28H28Cl2F7N3O4. The Kier molecular flexibility index (Phi) is 9.39. The number of alkyl halides is 6. The van der Waals surface area contributed by atoms with Gasteiger partial charge in [-0.25, -0.2) is 4.39 Å². The van der Waals surface area contributed by atoms with Crippen LogP contribution in [0.1, 0.15) is 91.2 Å². The van der Waals surface area contributed by atoms with Crippen molar-refractivity contribution in [2.24, 2.45) is 10.8 Å². The Labute approximate surface area is 257 Å². The van der Waals surface area contributed by atoms with Crippen molar-refractivity contribution >= 4 is 40.9 Å². The van der Waals surface area contributed by atoms with Crippen LogP contribution in [0.5, 0.6) is 0 Å². The van der Waals surface area contributed by atoms with Gasteiger partial charge < -0.3 is 10.1 Å². The van der Waals surface area contributed by atoms with E-state index in [-0.39, 0.29) is 37.3 Å². The number of halogens is 9. The predicted octanol–water partition coefficient (Wildman–Crippen LogP) is 7.75. The highest BCUT2D eigenvalue weighted by Gasteiger charge is 2.68. The second-order valence-corrected chi connectivity index (χ2v) is 12.2. The number of hydrogen-bond donors (Lipinski definition) is 1. The van der Waals surface area contributed by atoms with Crippen molar-refractivity contribution in [2.45, 2.75) is 83.2 Å². The van der Waals surface area contributed by atoms with Gasteiger partial charge in [0, 0.05) is 6.42 Å². The number of ether oxygens (including phenoxy) is 1. The topological polar surface area (TPSA) is 90.3 Å². The first kappa shape index (κ1) is 34.0. The summed E-state index contributed by atoms with van der Waals surface area (Å²) in [6.45, 7) is 3.41. The summed E-state index contributed by atoms with van der Waals surface area (Å²) in [7, 11) is 0. The molecule has 1 aromatic carbocycles. The van der Waals surface area contributed by atoms with Crippen molar-refractivity contribution in [3.63, 3.8) is 0 Å². The maximum absolute atomic E-state index is 14.4. The average Bonchev–Trinajstić information content (AvgIpc) is 3.63. The van der Waals surface area contributed by atoms with Crippen LogP contribution >= 0.6 is 23.2 Å². The molecule has 1 atom stereocenters. The van der Waals surface area contributed by atoms with Crippen LogP contribution < -0.4 is 5.32 Å². The van der Waals surface area contributed by atoms with Gasteiger partial charge in [-0.15, -0.1) is 0 Å². The smallest absolute Gasteiger partial charge is 0.433 e. The van der Waals surface area contributed by atoms with Crippen LogP contribution in [0.4, 0.5) is 30.7 Å². The molecule has 4 rings (SSSR count). The van der Waals surface area contributed by atoms with E-state index >= 15 is 0 Å². The lowest BCUT2D eigenvalue weighted by Crippen LogP contribution is -2.49. The molecule has 0 bridgehead atoms. The molecule has 1 amide bonds. The molecule has 242 valence electrons. The van der Waals surface area contributed by atoms with Gasteiger partial charge in [0.25, 0.3) is 5.91 Å². The molecular weight excluding hydrogens is 646 g/mol. The summed E-state index contributed by atoms with van der Waals surface area (Å²) in [6, 6.07) is -1.07. The maximum atomic E-state index is 14.4. The quantitative estimate of drug-likeness (QED) is 0.127. The van der Waals surface area contributed by atoms with E-state index in [0.717, 1.165) is 12.1 Å². The number of nitrogens with one attached hydrogen (secondary N) is 1. The largest absolute Gasteiger partial charge is 0.466 e. The van der Waals surface area contributed by atoms with Gasteiger partial charge in [-0.2, -0.15) is 31.4 Å². The number of amides is 1.